The van der Waals surface area contributed by atoms with Gasteiger partial charge in [-0.3, -0.25) is 9.78 Å². The van der Waals surface area contributed by atoms with E-state index in [2.05, 4.69) is 9.71 Å². The zero-order valence-corrected chi connectivity index (χ0v) is 22.1. The molecule has 0 spiro atoms. The van der Waals surface area contributed by atoms with Crippen LogP contribution >= 0.6 is 0 Å². The molecule has 0 fully saturated rings. The van der Waals surface area contributed by atoms with Crippen molar-refractivity contribution in [2.45, 2.75) is 41.8 Å². The lowest BCUT2D eigenvalue weighted by atomic mass is 9.99. The maximum atomic E-state index is 13.5. The van der Waals surface area contributed by atoms with E-state index >= 15 is 0 Å². The molecule has 1 heterocycles. The number of rotatable bonds is 12. The third-order valence-electron chi connectivity index (χ3n) is 6.49. The van der Waals surface area contributed by atoms with Gasteiger partial charge in [0.05, 0.1) is 12.1 Å². The first-order valence-electron chi connectivity index (χ1n) is 12.4. The van der Waals surface area contributed by atoms with Gasteiger partial charge in [-0.1, -0.05) is 60.7 Å². The summed E-state index contributed by atoms with van der Waals surface area (Å²) in [6.07, 6.45) is -6.09. The lowest BCUT2D eigenvalue weighted by molar-refractivity contribution is -0.157. The van der Waals surface area contributed by atoms with Crippen molar-refractivity contribution in [3.63, 3.8) is 0 Å². The maximum absolute atomic E-state index is 13.5. The number of para-hydroxylation sites is 1. The summed E-state index contributed by atoms with van der Waals surface area (Å²) < 4.78 is 34.6. The van der Waals surface area contributed by atoms with Gasteiger partial charge in [-0.2, -0.15) is 4.72 Å². The van der Waals surface area contributed by atoms with E-state index in [0.29, 0.717) is 10.9 Å². The molecule has 0 radical (unpaired) electrons. The summed E-state index contributed by atoms with van der Waals surface area (Å²) in [5.74, 6) is -1.05. The number of pyridine rings is 1. The minimum atomic E-state index is -4.31. The Labute approximate surface area is 230 Å². The van der Waals surface area contributed by atoms with Crippen LogP contribution in [0.3, 0.4) is 0 Å². The minimum Gasteiger partial charge on any atom is -0.462 e. The summed E-state index contributed by atoms with van der Waals surface area (Å²) in [5, 5.41) is 50.8. The van der Waals surface area contributed by atoms with Crippen LogP contribution in [0, 0.1) is 0 Å². The molecule has 0 aliphatic carbocycles. The Bertz CT molecular complexity index is 1570. The number of nitrogens with one attached hydrogen (secondary N) is 1. The van der Waals surface area contributed by atoms with E-state index in [0.717, 1.165) is 10.8 Å². The highest BCUT2D eigenvalue weighted by Crippen LogP contribution is 2.23. The van der Waals surface area contributed by atoms with Crippen LogP contribution in [0.4, 0.5) is 0 Å². The van der Waals surface area contributed by atoms with Crippen molar-refractivity contribution in [3.8, 4) is 0 Å². The highest BCUT2D eigenvalue weighted by Gasteiger charge is 2.33. The van der Waals surface area contributed by atoms with Gasteiger partial charge in [-0.05, 0) is 28.5 Å². The molecule has 3 aromatic carbocycles. The van der Waals surface area contributed by atoms with Crippen molar-refractivity contribution in [2.24, 2.45) is 0 Å². The predicted molar refractivity (Wildman–Crippen MR) is 146 cm³/mol. The third kappa shape index (κ3) is 6.62. The Balaban J connectivity index is 1.62. The zero-order chi connectivity index (χ0) is 28.9. The van der Waals surface area contributed by atoms with Gasteiger partial charge in [0.2, 0.25) is 10.0 Å². The smallest absolute Gasteiger partial charge is 0.324 e. The van der Waals surface area contributed by atoms with E-state index in [9.17, 15) is 33.6 Å². The number of fused-ring (bicyclic) bond motifs is 2. The molecule has 0 unspecified atom stereocenters. The topological polar surface area (TPSA) is 187 Å². The SMILES string of the molecule is O=C(OC[C@@H](O)[C@@H](O)[C@H](O)[C@H](O)CO)[C@H](Cc1cccc2ccccc12)NS(=O)(=O)c1cccc2cccnc12. The number of benzene rings is 3. The molecule has 11 nitrogen and oxygen atoms in total. The number of aliphatic hydroxyl groups is 5. The number of nitrogens with zero attached hydrogens (tertiary/aromatic N) is 1. The van der Waals surface area contributed by atoms with Gasteiger partial charge < -0.3 is 30.3 Å². The Kier molecular flexibility index (Phi) is 9.43. The molecule has 40 heavy (non-hydrogen) atoms. The summed E-state index contributed by atoms with van der Waals surface area (Å²) >= 11 is 0. The summed E-state index contributed by atoms with van der Waals surface area (Å²) in [6, 6.07) is 19.3. The number of sulfonamides is 1. The van der Waals surface area contributed by atoms with Crippen LogP contribution in [0.1, 0.15) is 5.56 Å². The molecule has 6 N–H and O–H groups in total. The Hall–Kier alpha value is -3.49. The Morgan fingerprint density at radius 3 is 2.27 bits per heavy atom. The van der Waals surface area contributed by atoms with Crippen molar-refractivity contribution in [1.82, 2.24) is 9.71 Å². The molecule has 4 rings (SSSR count). The van der Waals surface area contributed by atoms with Crippen molar-refractivity contribution in [1.29, 1.82) is 0 Å². The van der Waals surface area contributed by atoms with Crippen molar-refractivity contribution in [3.05, 3.63) is 84.6 Å². The molecular weight excluding hydrogens is 540 g/mol. The van der Waals surface area contributed by atoms with Crippen LogP contribution in [-0.2, 0) is 26.0 Å². The van der Waals surface area contributed by atoms with Crippen LogP contribution in [-0.4, -0.2) is 88.6 Å². The molecule has 0 aliphatic rings. The molecule has 4 aromatic rings. The van der Waals surface area contributed by atoms with E-state index in [4.69, 9.17) is 9.84 Å². The number of ether oxygens (including phenoxy) is 1. The quantitative estimate of drug-likeness (QED) is 0.129. The summed E-state index contributed by atoms with van der Waals surface area (Å²) in [6.45, 7) is -1.69. The molecule has 12 heteroatoms. The first kappa shape index (κ1) is 29.5. The summed E-state index contributed by atoms with van der Waals surface area (Å²) in [7, 11) is -4.31. The summed E-state index contributed by atoms with van der Waals surface area (Å²) in [4.78, 5) is 17.3. The van der Waals surface area contributed by atoms with E-state index < -0.39 is 59.7 Å². The number of hydrogen-bond acceptors (Lipinski definition) is 10. The van der Waals surface area contributed by atoms with Gasteiger partial charge in [-0.15, -0.1) is 0 Å². The number of hydrogen-bond donors (Lipinski definition) is 6. The van der Waals surface area contributed by atoms with Gasteiger partial charge in [-0.25, -0.2) is 8.42 Å². The number of carbonyl (C=O) groups excluding carboxylic acids is 1. The van der Waals surface area contributed by atoms with E-state index in [1.165, 1.54) is 12.3 Å². The van der Waals surface area contributed by atoms with Gasteiger partial charge >= 0.3 is 5.97 Å². The second-order valence-corrected chi connectivity index (χ2v) is 11.0. The van der Waals surface area contributed by atoms with E-state index in [1.807, 2.05) is 30.3 Å². The minimum absolute atomic E-state index is 0.109. The number of aromatic nitrogens is 1. The number of esters is 1. The average molecular weight is 571 g/mol. The van der Waals surface area contributed by atoms with Crippen LogP contribution < -0.4 is 4.72 Å². The van der Waals surface area contributed by atoms with Crippen LogP contribution in [0.2, 0.25) is 0 Å². The highest BCUT2D eigenvalue weighted by atomic mass is 32.2. The van der Waals surface area contributed by atoms with Crippen molar-refractivity contribution >= 4 is 37.7 Å². The molecule has 0 amide bonds. The molecule has 0 bridgehead atoms. The van der Waals surface area contributed by atoms with E-state index in [-0.39, 0.29) is 16.8 Å². The van der Waals surface area contributed by atoms with Crippen molar-refractivity contribution < 1.29 is 43.5 Å². The standard InChI is InChI=1S/C28H30N2O9S/c31-15-22(32)26(34)27(35)23(33)16-39-28(36)21(14-19-9-3-7-17-6-1-2-11-20(17)19)30-40(37,38)24-12-4-8-18-10-5-13-29-25(18)24/h1-13,21-23,26-27,30-35H,14-16H2/t21-,22+,23+,26+,27+/m0/s1. The van der Waals surface area contributed by atoms with Gasteiger partial charge in [0.1, 0.15) is 42.0 Å². The predicted octanol–water partition coefficient (Wildman–Crippen LogP) is 0.257. The lowest BCUT2D eigenvalue weighted by Gasteiger charge is -2.26. The largest absolute Gasteiger partial charge is 0.462 e. The van der Waals surface area contributed by atoms with Gasteiger partial charge in [0.15, 0.2) is 0 Å². The third-order valence-corrected chi connectivity index (χ3v) is 8.00. The maximum Gasteiger partial charge on any atom is 0.324 e. The fraction of sp³-hybridized carbons (Fsp3) is 0.286. The Morgan fingerprint density at radius 2 is 1.50 bits per heavy atom. The molecule has 1 aromatic heterocycles. The summed E-state index contributed by atoms with van der Waals surface area (Å²) in [5.41, 5.74) is 0.866. The average Bonchev–Trinajstić information content (AvgIpc) is 2.97. The van der Waals surface area contributed by atoms with Crippen LogP contribution in [0.5, 0.6) is 0 Å². The first-order valence-corrected chi connectivity index (χ1v) is 13.9. The molecule has 0 saturated heterocycles. The highest BCUT2D eigenvalue weighted by molar-refractivity contribution is 7.89. The lowest BCUT2D eigenvalue weighted by Crippen LogP contribution is -2.49. The molecule has 0 saturated carbocycles. The number of carbonyl (C=O) groups is 1. The first-order chi connectivity index (χ1) is 19.1. The molecule has 0 aliphatic heterocycles. The molecular formula is C28H30N2O9S. The van der Waals surface area contributed by atoms with Crippen LogP contribution in [0.15, 0.2) is 83.9 Å². The fourth-order valence-corrected chi connectivity index (χ4v) is 5.70. The monoisotopic (exact) mass is 570 g/mol. The second kappa shape index (κ2) is 12.8. The Morgan fingerprint density at radius 1 is 0.850 bits per heavy atom. The zero-order valence-electron chi connectivity index (χ0n) is 21.2. The van der Waals surface area contributed by atoms with Crippen molar-refractivity contribution in [2.75, 3.05) is 13.2 Å². The normalized spacial score (nSPS) is 15.8. The van der Waals surface area contributed by atoms with Crippen LogP contribution in [0.25, 0.3) is 21.7 Å². The molecule has 212 valence electrons. The fourth-order valence-electron chi connectivity index (χ4n) is 4.34. The van der Waals surface area contributed by atoms with E-state index in [1.54, 1.807) is 36.4 Å². The van der Waals surface area contributed by atoms with Gasteiger partial charge in [0, 0.05) is 18.0 Å². The molecule has 5 atom stereocenters. The number of aliphatic hydroxyl groups excluding tert-OH is 5. The second-order valence-electron chi connectivity index (χ2n) is 9.28. The van der Waals surface area contributed by atoms with Gasteiger partial charge in [0.25, 0.3) is 0 Å².